The number of carbonyl (C=O) groups is 2. The molecule has 27 heavy (non-hydrogen) atoms. The summed E-state index contributed by atoms with van der Waals surface area (Å²) in [4.78, 5) is 29.5. The maximum absolute atomic E-state index is 13.1. The van der Waals surface area contributed by atoms with Crippen LogP contribution in [0.5, 0.6) is 5.75 Å². The van der Waals surface area contributed by atoms with E-state index in [-0.39, 0.29) is 17.9 Å². The Balaban J connectivity index is 1.62. The molecular weight excluding hydrogens is 342 g/mol. The van der Waals surface area contributed by atoms with E-state index in [9.17, 15) is 9.59 Å². The first-order chi connectivity index (χ1) is 13.0. The highest BCUT2D eigenvalue weighted by atomic mass is 16.5. The highest BCUT2D eigenvalue weighted by Gasteiger charge is 2.29. The molecule has 0 unspecified atom stereocenters. The lowest BCUT2D eigenvalue weighted by Crippen LogP contribution is -2.40. The predicted octanol–water partition coefficient (Wildman–Crippen LogP) is 2.68. The first-order valence-corrected chi connectivity index (χ1v) is 9.52. The average molecular weight is 367 g/mol. The number of hydrogen-bond donors (Lipinski definition) is 0. The predicted molar refractivity (Wildman–Crippen MR) is 102 cm³/mol. The smallest absolute Gasteiger partial charge is 0.271 e. The zero-order valence-corrected chi connectivity index (χ0v) is 15.9. The van der Waals surface area contributed by atoms with Gasteiger partial charge in [0.25, 0.3) is 11.8 Å². The fourth-order valence-electron chi connectivity index (χ4n) is 3.82. The minimum absolute atomic E-state index is 0.0253. The second kappa shape index (κ2) is 7.10. The molecule has 0 N–H and O–H groups in total. The van der Waals surface area contributed by atoms with Crippen LogP contribution in [-0.4, -0.2) is 51.9 Å². The van der Waals surface area contributed by atoms with Crippen molar-refractivity contribution in [2.75, 3.05) is 19.7 Å². The molecule has 0 saturated carbocycles. The SMILES string of the molecule is C[C@H]1COc2ccc(C(=O)N3CCCC3)cc2CN1C(=O)c1cccn1C. The van der Waals surface area contributed by atoms with Crippen LogP contribution in [0.2, 0.25) is 0 Å². The molecule has 1 aromatic heterocycles. The van der Waals surface area contributed by atoms with Crippen molar-refractivity contribution in [3.8, 4) is 5.75 Å². The van der Waals surface area contributed by atoms with Crippen LogP contribution < -0.4 is 4.74 Å². The topological polar surface area (TPSA) is 54.8 Å². The molecule has 6 nitrogen and oxygen atoms in total. The van der Waals surface area contributed by atoms with E-state index < -0.39 is 0 Å². The quantitative estimate of drug-likeness (QED) is 0.820. The monoisotopic (exact) mass is 367 g/mol. The molecule has 1 saturated heterocycles. The van der Waals surface area contributed by atoms with Crippen molar-refractivity contribution in [1.82, 2.24) is 14.4 Å². The van der Waals surface area contributed by atoms with E-state index in [1.54, 1.807) is 0 Å². The number of nitrogens with zero attached hydrogens (tertiary/aromatic N) is 3. The second-order valence-corrected chi connectivity index (χ2v) is 7.42. The number of aromatic nitrogens is 1. The van der Waals surface area contributed by atoms with Gasteiger partial charge in [0.05, 0.1) is 12.6 Å². The molecule has 2 amide bonds. The fraction of sp³-hybridized carbons (Fsp3) is 0.429. The molecule has 0 spiro atoms. The van der Waals surface area contributed by atoms with E-state index in [1.165, 1.54) is 0 Å². The zero-order valence-electron chi connectivity index (χ0n) is 15.9. The largest absolute Gasteiger partial charge is 0.491 e. The summed E-state index contributed by atoms with van der Waals surface area (Å²) in [6.45, 7) is 4.50. The molecule has 1 fully saturated rings. The fourth-order valence-corrected chi connectivity index (χ4v) is 3.82. The van der Waals surface area contributed by atoms with Crippen molar-refractivity contribution in [2.24, 2.45) is 7.05 Å². The minimum atomic E-state index is -0.0578. The summed E-state index contributed by atoms with van der Waals surface area (Å²) in [5, 5.41) is 0. The summed E-state index contributed by atoms with van der Waals surface area (Å²) < 4.78 is 7.75. The van der Waals surface area contributed by atoms with Crippen LogP contribution in [0.15, 0.2) is 36.5 Å². The van der Waals surface area contributed by atoms with E-state index in [2.05, 4.69) is 0 Å². The number of benzene rings is 1. The summed E-state index contributed by atoms with van der Waals surface area (Å²) in [6.07, 6.45) is 4.00. The molecule has 0 aliphatic carbocycles. The Labute approximate surface area is 159 Å². The van der Waals surface area contributed by atoms with Crippen LogP contribution in [0.25, 0.3) is 0 Å². The van der Waals surface area contributed by atoms with E-state index in [4.69, 9.17) is 4.74 Å². The molecule has 2 aliphatic rings. The van der Waals surface area contributed by atoms with Crippen LogP contribution in [-0.2, 0) is 13.6 Å². The number of aryl methyl sites for hydroxylation is 1. The zero-order chi connectivity index (χ0) is 19.0. The third-order valence-electron chi connectivity index (χ3n) is 5.48. The standard InChI is InChI=1S/C21H25N3O3/c1-15-14-27-19-8-7-16(20(25)23-10-3-4-11-23)12-17(19)13-24(15)21(26)18-6-5-9-22(18)2/h5-9,12,15H,3-4,10-11,13-14H2,1-2H3/t15-/m0/s1. The van der Waals surface area contributed by atoms with Gasteiger partial charge in [0.2, 0.25) is 0 Å². The van der Waals surface area contributed by atoms with Crippen molar-refractivity contribution < 1.29 is 14.3 Å². The molecular formula is C21H25N3O3. The van der Waals surface area contributed by atoms with Crippen LogP contribution in [0, 0.1) is 0 Å². The molecule has 4 rings (SSSR count). The highest BCUT2D eigenvalue weighted by Crippen LogP contribution is 2.28. The van der Waals surface area contributed by atoms with Crippen LogP contribution >= 0.6 is 0 Å². The minimum Gasteiger partial charge on any atom is -0.491 e. The van der Waals surface area contributed by atoms with E-state index >= 15 is 0 Å². The van der Waals surface area contributed by atoms with Gasteiger partial charge in [-0.3, -0.25) is 9.59 Å². The lowest BCUT2D eigenvalue weighted by atomic mass is 10.1. The number of ether oxygens (including phenoxy) is 1. The number of amides is 2. The first kappa shape index (κ1) is 17.6. The highest BCUT2D eigenvalue weighted by molar-refractivity contribution is 5.95. The maximum Gasteiger partial charge on any atom is 0.271 e. The van der Waals surface area contributed by atoms with Gasteiger partial charge >= 0.3 is 0 Å². The van der Waals surface area contributed by atoms with E-state index in [0.29, 0.717) is 24.4 Å². The number of carbonyl (C=O) groups excluding carboxylic acids is 2. The summed E-state index contributed by atoms with van der Waals surface area (Å²) in [5.41, 5.74) is 2.20. The Kier molecular flexibility index (Phi) is 4.64. The van der Waals surface area contributed by atoms with Gasteiger partial charge < -0.3 is 19.1 Å². The van der Waals surface area contributed by atoms with Gasteiger partial charge in [-0.15, -0.1) is 0 Å². The number of likely N-dealkylation sites (tertiary alicyclic amines) is 1. The molecule has 2 aromatic rings. The lowest BCUT2D eigenvalue weighted by molar-refractivity contribution is 0.0635. The Morgan fingerprint density at radius 2 is 1.89 bits per heavy atom. The summed E-state index contributed by atoms with van der Waals surface area (Å²) >= 11 is 0. The third kappa shape index (κ3) is 3.31. The second-order valence-electron chi connectivity index (χ2n) is 7.42. The van der Waals surface area contributed by atoms with Gasteiger partial charge in [-0.2, -0.15) is 0 Å². The van der Waals surface area contributed by atoms with Gasteiger partial charge in [0, 0.05) is 37.5 Å². The molecule has 6 heteroatoms. The number of hydrogen-bond acceptors (Lipinski definition) is 3. The molecule has 142 valence electrons. The average Bonchev–Trinajstić information content (AvgIpc) is 3.32. The Hall–Kier alpha value is -2.76. The van der Waals surface area contributed by atoms with Crippen molar-refractivity contribution in [3.05, 3.63) is 53.3 Å². The van der Waals surface area contributed by atoms with Gasteiger partial charge in [0.1, 0.15) is 18.1 Å². The number of fused-ring (bicyclic) bond motifs is 1. The molecule has 1 atom stereocenters. The molecule has 1 aromatic carbocycles. The Morgan fingerprint density at radius 1 is 1.11 bits per heavy atom. The molecule has 3 heterocycles. The number of rotatable bonds is 2. The van der Waals surface area contributed by atoms with Crippen molar-refractivity contribution >= 4 is 11.8 Å². The lowest BCUT2D eigenvalue weighted by Gasteiger charge is -2.26. The third-order valence-corrected chi connectivity index (χ3v) is 5.48. The van der Waals surface area contributed by atoms with E-state index in [0.717, 1.165) is 37.2 Å². The summed E-state index contributed by atoms with van der Waals surface area (Å²) in [6, 6.07) is 9.22. The first-order valence-electron chi connectivity index (χ1n) is 9.52. The van der Waals surface area contributed by atoms with E-state index in [1.807, 2.05) is 64.9 Å². The van der Waals surface area contributed by atoms with Gasteiger partial charge in [0.15, 0.2) is 0 Å². The van der Waals surface area contributed by atoms with Crippen LogP contribution in [0.3, 0.4) is 0 Å². The van der Waals surface area contributed by atoms with Crippen LogP contribution in [0.4, 0.5) is 0 Å². The normalized spacial score (nSPS) is 19.4. The molecule has 0 bridgehead atoms. The van der Waals surface area contributed by atoms with Gasteiger partial charge in [-0.1, -0.05) is 0 Å². The van der Waals surface area contributed by atoms with Gasteiger partial charge in [-0.25, -0.2) is 0 Å². The maximum atomic E-state index is 13.1. The van der Waals surface area contributed by atoms with Crippen molar-refractivity contribution in [2.45, 2.75) is 32.4 Å². The van der Waals surface area contributed by atoms with Crippen molar-refractivity contribution in [3.63, 3.8) is 0 Å². The Morgan fingerprint density at radius 3 is 2.59 bits per heavy atom. The van der Waals surface area contributed by atoms with Crippen LogP contribution in [0.1, 0.15) is 46.2 Å². The molecule has 2 aliphatic heterocycles. The summed E-state index contributed by atoms with van der Waals surface area (Å²) in [5.74, 6) is 0.789. The van der Waals surface area contributed by atoms with Crippen molar-refractivity contribution in [1.29, 1.82) is 0 Å². The summed E-state index contributed by atoms with van der Waals surface area (Å²) in [7, 11) is 1.87. The molecule has 0 radical (unpaired) electrons. The van der Waals surface area contributed by atoms with Gasteiger partial charge in [-0.05, 0) is 50.1 Å². The Bertz CT molecular complexity index is 867.